The highest BCUT2D eigenvalue weighted by Gasteiger charge is 2.36. The molecule has 2 aromatic rings. The highest BCUT2D eigenvalue weighted by molar-refractivity contribution is 7.09. The Hall–Kier alpha value is -1.28. The Bertz CT molecular complexity index is 686. The lowest BCUT2D eigenvalue weighted by molar-refractivity contribution is 0.0509. The number of nitrogens with zero attached hydrogens (tertiary/aromatic N) is 4. The molecule has 2 saturated heterocycles. The molecule has 2 atom stereocenters. The number of aryl methyl sites for hydroxylation is 2. The second-order valence-corrected chi connectivity index (χ2v) is 7.95. The minimum Gasteiger partial charge on any atom is -0.375 e. The highest BCUT2D eigenvalue weighted by Crippen LogP contribution is 2.26. The Morgan fingerprint density at radius 3 is 2.75 bits per heavy atom. The third-order valence-electron chi connectivity index (χ3n) is 4.80. The lowest BCUT2D eigenvalue weighted by Crippen LogP contribution is -2.32. The number of likely N-dealkylation sites (tertiary alicyclic amines) is 1. The van der Waals surface area contributed by atoms with Crippen molar-refractivity contribution in [2.45, 2.75) is 33.0 Å². The van der Waals surface area contributed by atoms with Crippen LogP contribution in [0.5, 0.6) is 0 Å². The fraction of sp³-hybridized carbons (Fsp3) is 0.647. The van der Waals surface area contributed by atoms with E-state index >= 15 is 0 Å². The van der Waals surface area contributed by atoms with Crippen molar-refractivity contribution in [1.29, 1.82) is 0 Å². The van der Waals surface area contributed by atoms with E-state index in [4.69, 9.17) is 9.26 Å². The normalized spacial score (nSPS) is 25.8. The molecule has 2 aliphatic heterocycles. The van der Waals surface area contributed by atoms with Crippen molar-refractivity contribution in [2.75, 3.05) is 32.8 Å². The Balaban J connectivity index is 1.36. The summed E-state index contributed by atoms with van der Waals surface area (Å²) in [4.78, 5) is 9.52. The van der Waals surface area contributed by atoms with E-state index in [9.17, 15) is 0 Å². The number of rotatable bonds is 4. The van der Waals surface area contributed by atoms with Crippen LogP contribution in [0.2, 0.25) is 0 Å². The van der Waals surface area contributed by atoms with Crippen LogP contribution in [0.15, 0.2) is 16.0 Å². The zero-order chi connectivity index (χ0) is 16.5. The van der Waals surface area contributed by atoms with Crippen molar-refractivity contribution in [3.63, 3.8) is 0 Å². The zero-order valence-corrected chi connectivity index (χ0v) is 15.1. The first-order valence-corrected chi connectivity index (χ1v) is 9.43. The standard InChI is InChI=1S/C17H24N4O2S/c1-12-5-15(19-23-12)8-21-7-14-6-20(3-4-22-17(14)10-21)9-16-11-24-13(2)18-16/h5,11,14,17H,3-4,6-10H2,1-2H3/t14-,17+/m0/s1. The van der Waals surface area contributed by atoms with Gasteiger partial charge in [-0.25, -0.2) is 4.98 Å². The van der Waals surface area contributed by atoms with Gasteiger partial charge in [0.25, 0.3) is 0 Å². The van der Waals surface area contributed by atoms with Crippen molar-refractivity contribution in [3.05, 3.63) is 33.6 Å². The molecule has 4 heterocycles. The van der Waals surface area contributed by atoms with Gasteiger partial charge in [0.2, 0.25) is 0 Å². The predicted molar refractivity (Wildman–Crippen MR) is 91.9 cm³/mol. The Morgan fingerprint density at radius 2 is 2.00 bits per heavy atom. The van der Waals surface area contributed by atoms with E-state index in [0.717, 1.165) is 62.3 Å². The van der Waals surface area contributed by atoms with E-state index in [-0.39, 0.29) is 0 Å². The number of hydrogen-bond acceptors (Lipinski definition) is 7. The number of fused-ring (bicyclic) bond motifs is 1. The molecule has 0 bridgehead atoms. The van der Waals surface area contributed by atoms with Gasteiger partial charge in [0.15, 0.2) is 0 Å². The average Bonchev–Trinajstić information content (AvgIpc) is 3.20. The van der Waals surface area contributed by atoms with Crippen LogP contribution in [0.25, 0.3) is 0 Å². The molecule has 2 aromatic heterocycles. The van der Waals surface area contributed by atoms with Gasteiger partial charge in [0.1, 0.15) is 5.76 Å². The van der Waals surface area contributed by atoms with Gasteiger partial charge in [-0.15, -0.1) is 11.3 Å². The minimum absolute atomic E-state index is 0.333. The number of aromatic nitrogens is 2. The van der Waals surface area contributed by atoms with Crippen LogP contribution in [0.4, 0.5) is 0 Å². The van der Waals surface area contributed by atoms with Gasteiger partial charge in [-0.3, -0.25) is 9.80 Å². The molecule has 0 aromatic carbocycles. The Morgan fingerprint density at radius 1 is 1.17 bits per heavy atom. The quantitative estimate of drug-likeness (QED) is 0.843. The second-order valence-electron chi connectivity index (χ2n) is 6.89. The predicted octanol–water partition coefficient (Wildman–Crippen LogP) is 2.08. The van der Waals surface area contributed by atoms with E-state index in [0.29, 0.717) is 12.0 Å². The molecule has 0 spiro atoms. The maximum Gasteiger partial charge on any atom is 0.133 e. The highest BCUT2D eigenvalue weighted by atomic mass is 32.1. The maximum atomic E-state index is 6.13. The Labute approximate surface area is 146 Å². The first-order valence-electron chi connectivity index (χ1n) is 8.55. The first kappa shape index (κ1) is 16.2. The number of thiazole rings is 1. The molecule has 7 heteroatoms. The molecule has 2 fully saturated rings. The van der Waals surface area contributed by atoms with Crippen LogP contribution in [0.1, 0.15) is 22.2 Å². The Kier molecular flexibility index (Phi) is 4.67. The molecule has 0 N–H and O–H groups in total. The van der Waals surface area contributed by atoms with Crippen LogP contribution >= 0.6 is 11.3 Å². The summed E-state index contributed by atoms with van der Waals surface area (Å²) in [5.41, 5.74) is 2.20. The summed E-state index contributed by atoms with van der Waals surface area (Å²) in [5, 5.41) is 7.43. The monoisotopic (exact) mass is 348 g/mol. The molecule has 130 valence electrons. The molecule has 24 heavy (non-hydrogen) atoms. The molecule has 2 aliphatic rings. The SMILES string of the molecule is Cc1cc(CN2C[C@@H]3CN(Cc4csc(C)n4)CCO[C@@H]3C2)no1. The summed E-state index contributed by atoms with van der Waals surface area (Å²) in [6.45, 7) is 10.7. The van der Waals surface area contributed by atoms with Crippen LogP contribution in [-0.4, -0.2) is 58.8 Å². The maximum absolute atomic E-state index is 6.13. The van der Waals surface area contributed by atoms with E-state index in [1.807, 2.05) is 13.0 Å². The lowest BCUT2D eigenvalue weighted by Gasteiger charge is -2.22. The van der Waals surface area contributed by atoms with Gasteiger partial charge >= 0.3 is 0 Å². The van der Waals surface area contributed by atoms with Crippen molar-refractivity contribution in [2.24, 2.45) is 5.92 Å². The van der Waals surface area contributed by atoms with Gasteiger partial charge in [-0.1, -0.05) is 5.16 Å². The van der Waals surface area contributed by atoms with Crippen molar-refractivity contribution in [3.8, 4) is 0 Å². The molecule has 0 saturated carbocycles. The minimum atomic E-state index is 0.333. The summed E-state index contributed by atoms with van der Waals surface area (Å²) in [6.07, 6.45) is 0.333. The van der Waals surface area contributed by atoms with Crippen LogP contribution in [0, 0.1) is 19.8 Å². The molecular formula is C17H24N4O2S. The van der Waals surface area contributed by atoms with E-state index in [1.165, 1.54) is 5.69 Å². The zero-order valence-electron chi connectivity index (χ0n) is 14.3. The van der Waals surface area contributed by atoms with Crippen LogP contribution in [-0.2, 0) is 17.8 Å². The van der Waals surface area contributed by atoms with E-state index in [1.54, 1.807) is 11.3 Å². The van der Waals surface area contributed by atoms with E-state index in [2.05, 4.69) is 32.2 Å². The van der Waals surface area contributed by atoms with Gasteiger partial charge < -0.3 is 9.26 Å². The van der Waals surface area contributed by atoms with Crippen molar-refractivity contribution >= 4 is 11.3 Å². The number of ether oxygens (including phenoxy) is 1. The largest absolute Gasteiger partial charge is 0.375 e. The molecule has 4 rings (SSSR count). The lowest BCUT2D eigenvalue weighted by atomic mass is 10.1. The number of hydrogen-bond donors (Lipinski definition) is 0. The summed E-state index contributed by atoms with van der Waals surface area (Å²) < 4.78 is 11.3. The summed E-state index contributed by atoms with van der Waals surface area (Å²) in [7, 11) is 0. The molecular weight excluding hydrogens is 324 g/mol. The van der Waals surface area contributed by atoms with Crippen LogP contribution in [0.3, 0.4) is 0 Å². The first-order chi connectivity index (χ1) is 11.7. The molecule has 0 unspecified atom stereocenters. The van der Waals surface area contributed by atoms with Gasteiger partial charge in [-0.05, 0) is 13.8 Å². The van der Waals surface area contributed by atoms with Crippen molar-refractivity contribution < 1.29 is 9.26 Å². The molecule has 0 amide bonds. The fourth-order valence-corrected chi connectivity index (χ4v) is 4.36. The third kappa shape index (κ3) is 3.69. The summed E-state index contributed by atoms with van der Waals surface area (Å²) in [5.74, 6) is 1.43. The molecule has 0 radical (unpaired) electrons. The van der Waals surface area contributed by atoms with Gasteiger partial charge in [0, 0.05) is 56.6 Å². The van der Waals surface area contributed by atoms with Crippen LogP contribution < -0.4 is 0 Å². The summed E-state index contributed by atoms with van der Waals surface area (Å²) in [6, 6.07) is 2.02. The molecule has 0 aliphatic carbocycles. The molecule has 6 nitrogen and oxygen atoms in total. The summed E-state index contributed by atoms with van der Waals surface area (Å²) >= 11 is 1.73. The fourth-order valence-electron chi connectivity index (χ4n) is 3.75. The second kappa shape index (κ2) is 6.92. The third-order valence-corrected chi connectivity index (χ3v) is 5.63. The van der Waals surface area contributed by atoms with Gasteiger partial charge in [0.05, 0.1) is 29.1 Å². The van der Waals surface area contributed by atoms with E-state index < -0.39 is 0 Å². The average molecular weight is 348 g/mol. The smallest absolute Gasteiger partial charge is 0.133 e. The van der Waals surface area contributed by atoms with Crippen molar-refractivity contribution in [1.82, 2.24) is 19.9 Å². The van der Waals surface area contributed by atoms with Gasteiger partial charge in [-0.2, -0.15) is 0 Å². The topological polar surface area (TPSA) is 54.6 Å².